The smallest absolute Gasteiger partial charge is 0.221 e. The molecule has 0 saturated carbocycles. The van der Waals surface area contributed by atoms with Gasteiger partial charge in [-0.2, -0.15) is 5.10 Å². The van der Waals surface area contributed by atoms with Gasteiger partial charge < -0.3 is 5.73 Å². The summed E-state index contributed by atoms with van der Waals surface area (Å²) in [6.07, 6.45) is 2.87. The lowest BCUT2D eigenvalue weighted by atomic mass is 9.97. The van der Waals surface area contributed by atoms with Crippen LogP contribution < -0.4 is 5.73 Å². The van der Waals surface area contributed by atoms with Gasteiger partial charge in [0.05, 0.1) is 21.8 Å². The van der Waals surface area contributed by atoms with Gasteiger partial charge >= 0.3 is 0 Å². The van der Waals surface area contributed by atoms with Crippen LogP contribution in [0.25, 0.3) is 0 Å². The summed E-state index contributed by atoms with van der Waals surface area (Å²) in [4.78, 5) is 13.7. The van der Waals surface area contributed by atoms with Gasteiger partial charge in [-0.3, -0.25) is 14.4 Å². The van der Waals surface area contributed by atoms with Crippen LogP contribution in [0.2, 0.25) is 0 Å². The summed E-state index contributed by atoms with van der Waals surface area (Å²) in [7, 11) is 0. The van der Waals surface area contributed by atoms with E-state index in [1.165, 1.54) is 5.69 Å². The molecule has 0 bridgehead atoms. The van der Waals surface area contributed by atoms with Crippen molar-refractivity contribution in [2.45, 2.75) is 46.2 Å². The number of nitrogens with zero attached hydrogens (tertiary/aromatic N) is 3. The Balaban J connectivity index is 2.13. The second kappa shape index (κ2) is 6.72. The minimum absolute atomic E-state index is 0.00818. The number of primary amides is 1. The Labute approximate surface area is 128 Å². The number of hydrogen-bond donors (Lipinski definition) is 1. The molecular formula is C14H23BrN4O. The average Bonchev–Trinajstić information content (AvgIpc) is 2.75. The van der Waals surface area contributed by atoms with Crippen LogP contribution in [0.4, 0.5) is 0 Å². The zero-order chi connectivity index (χ0) is 14.7. The van der Waals surface area contributed by atoms with Gasteiger partial charge in [-0.1, -0.05) is 6.92 Å². The molecule has 2 rings (SSSR count). The number of carbonyl (C=O) groups excluding carboxylic acids is 1. The molecule has 0 spiro atoms. The molecule has 6 heteroatoms. The standard InChI is InChI=1S/C14H23BrN4O/c1-3-11-13(15)12(19(4-2)17-11)9-18-7-5-6-10(8-18)14(16)20/h10H,3-9H2,1-2H3,(H2,16,20). The van der Waals surface area contributed by atoms with Gasteiger partial charge in [-0.15, -0.1) is 0 Å². The van der Waals surface area contributed by atoms with Crippen molar-refractivity contribution in [3.05, 3.63) is 15.9 Å². The first-order chi connectivity index (χ1) is 9.56. The van der Waals surface area contributed by atoms with E-state index in [0.717, 1.165) is 55.6 Å². The molecule has 2 N–H and O–H groups in total. The molecule has 1 amide bonds. The molecule has 0 aliphatic carbocycles. The van der Waals surface area contributed by atoms with E-state index in [1.54, 1.807) is 0 Å². The molecule has 1 atom stereocenters. The van der Waals surface area contributed by atoms with Crippen LogP contribution in [-0.4, -0.2) is 33.7 Å². The maximum Gasteiger partial charge on any atom is 0.221 e. The monoisotopic (exact) mass is 342 g/mol. The van der Waals surface area contributed by atoms with Crippen LogP contribution in [0.5, 0.6) is 0 Å². The van der Waals surface area contributed by atoms with Crippen molar-refractivity contribution >= 4 is 21.8 Å². The Morgan fingerprint density at radius 3 is 2.85 bits per heavy atom. The number of aryl methyl sites for hydroxylation is 2. The third kappa shape index (κ3) is 3.23. The van der Waals surface area contributed by atoms with E-state index in [1.807, 2.05) is 0 Å². The van der Waals surface area contributed by atoms with Crippen LogP contribution >= 0.6 is 15.9 Å². The lowest BCUT2D eigenvalue weighted by Crippen LogP contribution is -2.41. The van der Waals surface area contributed by atoms with Crippen molar-refractivity contribution in [3.8, 4) is 0 Å². The molecule has 0 aromatic carbocycles. The summed E-state index contributed by atoms with van der Waals surface area (Å²) in [5, 5.41) is 4.62. The van der Waals surface area contributed by atoms with E-state index < -0.39 is 0 Å². The van der Waals surface area contributed by atoms with Crippen LogP contribution in [0.15, 0.2) is 4.47 Å². The topological polar surface area (TPSA) is 64.2 Å². The Morgan fingerprint density at radius 1 is 1.50 bits per heavy atom. The number of likely N-dealkylation sites (tertiary alicyclic amines) is 1. The van der Waals surface area contributed by atoms with Gasteiger partial charge in [0.1, 0.15) is 0 Å². The number of carbonyl (C=O) groups is 1. The van der Waals surface area contributed by atoms with E-state index in [4.69, 9.17) is 5.73 Å². The van der Waals surface area contributed by atoms with Gasteiger partial charge in [0, 0.05) is 19.6 Å². The summed E-state index contributed by atoms with van der Waals surface area (Å²) in [5.41, 5.74) is 7.75. The van der Waals surface area contributed by atoms with E-state index in [-0.39, 0.29) is 11.8 Å². The first kappa shape index (κ1) is 15.5. The number of aromatic nitrogens is 2. The number of halogens is 1. The first-order valence-electron chi connectivity index (χ1n) is 7.32. The number of amides is 1. The maximum absolute atomic E-state index is 11.4. The van der Waals surface area contributed by atoms with Crippen molar-refractivity contribution in [2.75, 3.05) is 13.1 Å². The van der Waals surface area contributed by atoms with Crippen molar-refractivity contribution < 1.29 is 4.79 Å². The number of rotatable bonds is 5. The van der Waals surface area contributed by atoms with Crippen LogP contribution in [-0.2, 0) is 24.3 Å². The molecule has 1 aliphatic heterocycles. The fourth-order valence-corrected chi connectivity index (χ4v) is 3.50. The largest absolute Gasteiger partial charge is 0.369 e. The van der Waals surface area contributed by atoms with Crippen molar-refractivity contribution in [1.29, 1.82) is 0 Å². The highest BCUT2D eigenvalue weighted by Gasteiger charge is 2.25. The van der Waals surface area contributed by atoms with E-state index in [0.29, 0.717) is 0 Å². The van der Waals surface area contributed by atoms with E-state index in [9.17, 15) is 4.79 Å². The quantitative estimate of drug-likeness (QED) is 0.889. The van der Waals surface area contributed by atoms with E-state index in [2.05, 4.69) is 44.5 Å². The molecule has 5 nitrogen and oxygen atoms in total. The molecule has 1 aromatic heterocycles. The summed E-state index contributed by atoms with van der Waals surface area (Å²) >= 11 is 3.67. The molecule has 2 heterocycles. The highest BCUT2D eigenvalue weighted by molar-refractivity contribution is 9.10. The van der Waals surface area contributed by atoms with Gasteiger partial charge in [0.15, 0.2) is 0 Å². The lowest BCUT2D eigenvalue weighted by Gasteiger charge is -2.31. The highest BCUT2D eigenvalue weighted by atomic mass is 79.9. The average molecular weight is 343 g/mol. The Bertz CT molecular complexity index is 486. The Kier molecular flexibility index (Phi) is 5.21. The van der Waals surface area contributed by atoms with Crippen molar-refractivity contribution in [3.63, 3.8) is 0 Å². The lowest BCUT2D eigenvalue weighted by molar-refractivity contribution is -0.123. The molecule has 1 saturated heterocycles. The predicted octanol–water partition coefficient (Wildman–Crippen LogP) is 1.93. The fraction of sp³-hybridized carbons (Fsp3) is 0.714. The SMILES string of the molecule is CCc1nn(CC)c(CN2CCCC(C(N)=O)C2)c1Br. The molecule has 20 heavy (non-hydrogen) atoms. The number of hydrogen-bond acceptors (Lipinski definition) is 3. The predicted molar refractivity (Wildman–Crippen MR) is 82.2 cm³/mol. The zero-order valence-corrected chi connectivity index (χ0v) is 13.8. The molecule has 1 aromatic rings. The summed E-state index contributed by atoms with van der Waals surface area (Å²) in [6, 6.07) is 0. The minimum Gasteiger partial charge on any atom is -0.369 e. The molecule has 1 aliphatic rings. The summed E-state index contributed by atoms with van der Waals surface area (Å²) in [5.74, 6) is -0.182. The summed E-state index contributed by atoms with van der Waals surface area (Å²) in [6.45, 7) is 7.68. The maximum atomic E-state index is 11.4. The normalized spacial score (nSPS) is 20.2. The third-order valence-electron chi connectivity index (χ3n) is 3.98. The second-order valence-electron chi connectivity index (χ2n) is 5.35. The van der Waals surface area contributed by atoms with E-state index >= 15 is 0 Å². The second-order valence-corrected chi connectivity index (χ2v) is 6.15. The van der Waals surface area contributed by atoms with Crippen LogP contribution in [0, 0.1) is 5.92 Å². The van der Waals surface area contributed by atoms with Gasteiger partial charge in [-0.05, 0) is 48.7 Å². The van der Waals surface area contributed by atoms with Crippen LogP contribution in [0.3, 0.4) is 0 Å². The number of piperidine rings is 1. The molecule has 112 valence electrons. The Hall–Kier alpha value is -0.880. The van der Waals surface area contributed by atoms with Gasteiger partial charge in [0.25, 0.3) is 0 Å². The molecule has 1 unspecified atom stereocenters. The van der Waals surface area contributed by atoms with Crippen molar-refractivity contribution in [2.24, 2.45) is 11.7 Å². The zero-order valence-electron chi connectivity index (χ0n) is 12.2. The minimum atomic E-state index is -0.174. The third-order valence-corrected chi connectivity index (χ3v) is 4.89. The molecule has 0 radical (unpaired) electrons. The Morgan fingerprint density at radius 2 is 2.25 bits per heavy atom. The van der Waals surface area contributed by atoms with Crippen LogP contribution in [0.1, 0.15) is 38.1 Å². The summed E-state index contributed by atoms with van der Waals surface area (Å²) < 4.78 is 3.17. The van der Waals surface area contributed by atoms with Gasteiger partial charge in [0.2, 0.25) is 5.91 Å². The van der Waals surface area contributed by atoms with Crippen molar-refractivity contribution in [1.82, 2.24) is 14.7 Å². The van der Waals surface area contributed by atoms with Gasteiger partial charge in [-0.25, -0.2) is 0 Å². The fourth-order valence-electron chi connectivity index (χ4n) is 2.81. The highest BCUT2D eigenvalue weighted by Crippen LogP contribution is 2.25. The first-order valence-corrected chi connectivity index (χ1v) is 8.11. The number of nitrogens with two attached hydrogens (primary N) is 1. The molecular weight excluding hydrogens is 320 g/mol. The molecule has 1 fully saturated rings.